The Hall–Kier alpha value is -2.60. The van der Waals surface area contributed by atoms with Gasteiger partial charge in [0, 0.05) is 41.1 Å². The number of pyridine rings is 1. The summed E-state index contributed by atoms with van der Waals surface area (Å²) in [4.78, 5) is 6.73. The van der Waals surface area contributed by atoms with E-state index in [0.717, 1.165) is 48.7 Å². The standard InChI is InChI=1S/C26H25Cl2FN2O2/c1-16-24(33-18(3)25-22(27)8-9-23(29)26(25)28)14-21(15-30-16)20-6-4-19(5-7-20)17(2)31-10-12-32-13-11-31/h4-9,14-15,18H,2,10-13H2,1,3H3. The van der Waals surface area contributed by atoms with Crippen molar-refractivity contribution in [3.05, 3.63) is 87.9 Å². The highest BCUT2D eigenvalue weighted by molar-refractivity contribution is 6.36. The number of hydrogen-bond acceptors (Lipinski definition) is 4. The first-order valence-corrected chi connectivity index (χ1v) is 11.5. The SMILES string of the molecule is C=C(c1ccc(-c2cnc(C)c(OC(C)c3c(Cl)ccc(F)c3Cl)c2)cc1)N1CCOCC1. The summed E-state index contributed by atoms with van der Waals surface area (Å²) in [6.45, 7) is 11.0. The molecule has 172 valence electrons. The van der Waals surface area contributed by atoms with E-state index in [1.807, 2.05) is 25.1 Å². The first-order chi connectivity index (χ1) is 15.8. The second kappa shape index (κ2) is 10.1. The van der Waals surface area contributed by atoms with Crippen LogP contribution in [-0.2, 0) is 4.74 Å². The quantitative estimate of drug-likeness (QED) is 0.353. The van der Waals surface area contributed by atoms with Crippen molar-refractivity contribution in [3.63, 3.8) is 0 Å². The van der Waals surface area contributed by atoms with Gasteiger partial charge in [0.2, 0.25) is 0 Å². The van der Waals surface area contributed by atoms with Gasteiger partial charge in [0.25, 0.3) is 0 Å². The molecule has 4 rings (SSSR count). The zero-order valence-electron chi connectivity index (χ0n) is 18.6. The van der Waals surface area contributed by atoms with Crippen molar-refractivity contribution in [2.45, 2.75) is 20.0 Å². The van der Waals surface area contributed by atoms with Crippen LogP contribution in [0.25, 0.3) is 16.8 Å². The molecule has 1 saturated heterocycles. The van der Waals surface area contributed by atoms with E-state index in [1.54, 1.807) is 13.1 Å². The summed E-state index contributed by atoms with van der Waals surface area (Å²) in [7, 11) is 0. The molecule has 0 saturated carbocycles. The van der Waals surface area contributed by atoms with Crippen LogP contribution in [0.4, 0.5) is 4.39 Å². The molecule has 33 heavy (non-hydrogen) atoms. The topological polar surface area (TPSA) is 34.6 Å². The smallest absolute Gasteiger partial charge is 0.142 e. The van der Waals surface area contributed by atoms with Crippen LogP contribution in [0.2, 0.25) is 10.0 Å². The number of halogens is 3. The number of aromatic nitrogens is 1. The normalized spacial score (nSPS) is 14.8. The van der Waals surface area contributed by atoms with Crippen LogP contribution in [0.1, 0.15) is 29.8 Å². The van der Waals surface area contributed by atoms with E-state index >= 15 is 0 Å². The summed E-state index contributed by atoms with van der Waals surface area (Å²) in [5.74, 6) is 0.0482. The van der Waals surface area contributed by atoms with Gasteiger partial charge in [0.1, 0.15) is 17.7 Å². The van der Waals surface area contributed by atoms with Gasteiger partial charge in [-0.1, -0.05) is 54.0 Å². The summed E-state index contributed by atoms with van der Waals surface area (Å²) < 4.78 is 25.5. The van der Waals surface area contributed by atoms with Crippen molar-refractivity contribution in [2.24, 2.45) is 0 Å². The molecule has 1 atom stereocenters. The average Bonchev–Trinajstić information content (AvgIpc) is 2.83. The van der Waals surface area contributed by atoms with Gasteiger partial charge < -0.3 is 14.4 Å². The molecule has 0 N–H and O–H groups in total. The van der Waals surface area contributed by atoms with Crippen LogP contribution in [0.5, 0.6) is 5.75 Å². The number of hydrogen-bond donors (Lipinski definition) is 0. The summed E-state index contributed by atoms with van der Waals surface area (Å²) >= 11 is 12.4. The third kappa shape index (κ3) is 5.16. The third-order valence-electron chi connectivity index (χ3n) is 5.77. The van der Waals surface area contributed by atoms with Crippen LogP contribution in [0.15, 0.2) is 55.2 Å². The maximum absolute atomic E-state index is 14.0. The molecule has 1 aliphatic rings. The van der Waals surface area contributed by atoms with Crippen LogP contribution in [0, 0.1) is 12.7 Å². The molecule has 7 heteroatoms. The van der Waals surface area contributed by atoms with Gasteiger partial charge in [-0.2, -0.15) is 0 Å². The van der Waals surface area contributed by atoms with Crippen molar-refractivity contribution in [3.8, 4) is 16.9 Å². The first-order valence-electron chi connectivity index (χ1n) is 10.7. The first kappa shape index (κ1) is 23.6. The van der Waals surface area contributed by atoms with Crippen LogP contribution < -0.4 is 4.74 Å². The van der Waals surface area contributed by atoms with Crippen molar-refractivity contribution in [1.29, 1.82) is 0 Å². The summed E-state index contributed by atoms with van der Waals surface area (Å²) in [5.41, 5.74) is 5.10. The van der Waals surface area contributed by atoms with Gasteiger partial charge in [0.05, 0.1) is 23.9 Å². The molecule has 0 amide bonds. The number of benzene rings is 2. The molecule has 3 aromatic rings. The van der Waals surface area contributed by atoms with Crippen LogP contribution in [0.3, 0.4) is 0 Å². The lowest BCUT2D eigenvalue weighted by molar-refractivity contribution is 0.0641. The molecule has 2 aromatic carbocycles. The Labute approximate surface area is 203 Å². The van der Waals surface area contributed by atoms with E-state index in [9.17, 15) is 4.39 Å². The minimum Gasteiger partial charge on any atom is -0.484 e. The van der Waals surface area contributed by atoms with Crippen LogP contribution in [-0.4, -0.2) is 36.2 Å². The maximum atomic E-state index is 14.0. The largest absolute Gasteiger partial charge is 0.484 e. The fourth-order valence-corrected chi connectivity index (χ4v) is 4.50. The Kier molecular flexibility index (Phi) is 7.23. The number of morpholine rings is 1. The lowest BCUT2D eigenvalue weighted by Crippen LogP contribution is -2.34. The van der Waals surface area contributed by atoms with E-state index in [-0.39, 0.29) is 5.02 Å². The van der Waals surface area contributed by atoms with Crippen molar-refractivity contribution >= 4 is 28.9 Å². The second-order valence-corrected chi connectivity index (χ2v) is 8.73. The van der Waals surface area contributed by atoms with E-state index in [0.29, 0.717) is 22.0 Å². The van der Waals surface area contributed by atoms with Gasteiger partial charge in [-0.05, 0) is 43.2 Å². The van der Waals surface area contributed by atoms with E-state index in [4.69, 9.17) is 32.7 Å². The molecular formula is C26H25Cl2FN2O2. The van der Waals surface area contributed by atoms with Crippen molar-refractivity contribution in [1.82, 2.24) is 9.88 Å². The van der Waals surface area contributed by atoms with Gasteiger partial charge in [-0.25, -0.2) is 4.39 Å². The number of aryl methyl sites for hydroxylation is 1. The molecule has 1 aromatic heterocycles. The number of ether oxygens (including phenoxy) is 2. The van der Waals surface area contributed by atoms with E-state index in [1.165, 1.54) is 12.1 Å². The highest BCUT2D eigenvalue weighted by Gasteiger charge is 2.20. The summed E-state index contributed by atoms with van der Waals surface area (Å²) in [6.07, 6.45) is 1.25. The molecule has 0 radical (unpaired) electrons. The zero-order valence-corrected chi connectivity index (χ0v) is 20.1. The molecule has 1 aliphatic heterocycles. The average molecular weight is 487 g/mol. The highest BCUT2D eigenvalue weighted by atomic mass is 35.5. The Morgan fingerprint density at radius 1 is 1.12 bits per heavy atom. The summed E-state index contributed by atoms with van der Waals surface area (Å²) in [6, 6.07) is 12.8. The van der Waals surface area contributed by atoms with Gasteiger partial charge in [0.15, 0.2) is 0 Å². The molecule has 0 spiro atoms. The van der Waals surface area contributed by atoms with Crippen LogP contribution >= 0.6 is 23.2 Å². The lowest BCUT2D eigenvalue weighted by Gasteiger charge is -2.30. The predicted octanol–water partition coefficient (Wildman–Crippen LogP) is 6.95. The van der Waals surface area contributed by atoms with Gasteiger partial charge in [-0.15, -0.1) is 0 Å². The minimum atomic E-state index is -0.560. The van der Waals surface area contributed by atoms with E-state index < -0.39 is 11.9 Å². The fourth-order valence-electron chi connectivity index (χ4n) is 3.83. The lowest BCUT2D eigenvalue weighted by atomic mass is 10.0. The minimum absolute atomic E-state index is 0.0344. The molecular weight excluding hydrogens is 462 g/mol. The monoisotopic (exact) mass is 486 g/mol. The second-order valence-electron chi connectivity index (χ2n) is 7.95. The Morgan fingerprint density at radius 3 is 2.52 bits per heavy atom. The summed E-state index contributed by atoms with van der Waals surface area (Å²) in [5, 5.41) is 0.319. The molecule has 1 unspecified atom stereocenters. The Balaban J connectivity index is 1.55. The van der Waals surface area contributed by atoms with Gasteiger partial charge in [-0.3, -0.25) is 4.98 Å². The third-order valence-corrected chi connectivity index (χ3v) is 6.49. The molecule has 2 heterocycles. The van der Waals surface area contributed by atoms with Crippen molar-refractivity contribution in [2.75, 3.05) is 26.3 Å². The predicted molar refractivity (Wildman–Crippen MR) is 131 cm³/mol. The Bertz CT molecular complexity index is 1160. The van der Waals surface area contributed by atoms with E-state index in [2.05, 4.69) is 28.6 Å². The zero-order chi connectivity index (χ0) is 23.5. The van der Waals surface area contributed by atoms with Gasteiger partial charge >= 0.3 is 0 Å². The number of nitrogens with zero attached hydrogens (tertiary/aromatic N) is 2. The highest BCUT2D eigenvalue weighted by Crippen LogP contribution is 2.36. The maximum Gasteiger partial charge on any atom is 0.142 e. The molecule has 4 nitrogen and oxygen atoms in total. The molecule has 0 aliphatic carbocycles. The van der Waals surface area contributed by atoms with Crippen molar-refractivity contribution < 1.29 is 13.9 Å². The fraction of sp³-hybridized carbons (Fsp3) is 0.269. The number of rotatable bonds is 6. The molecule has 1 fully saturated rings. The molecule has 0 bridgehead atoms. The Morgan fingerprint density at radius 2 is 1.82 bits per heavy atom.